The van der Waals surface area contributed by atoms with Crippen LogP contribution in [0.5, 0.6) is 0 Å². The molecule has 6 nitrogen and oxygen atoms in total. The Bertz CT molecular complexity index is 416. The summed E-state index contributed by atoms with van der Waals surface area (Å²) in [4.78, 5) is 21.6. The molecule has 8 heteroatoms. The number of rotatable bonds is 7. The second-order valence-electron chi connectivity index (χ2n) is 4.61. The fraction of sp³-hybridized carbons (Fsp3) is 0.538. The van der Waals surface area contributed by atoms with Crippen molar-refractivity contribution in [3.63, 3.8) is 0 Å². The zero-order chi connectivity index (χ0) is 16.3. The minimum absolute atomic E-state index is 0.531. The third kappa shape index (κ3) is 14.2. The highest BCUT2D eigenvalue weighted by atomic mass is 32.1. The number of nitrogens with one attached hydrogen (secondary N) is 2. The van der Waals surface area contributed by atoms with Crippen LogP contribution in [0, 0.1) is 0 Å². The topological polar surface area (TPSA) is 102 Å². The highest BCUT2D eigenvalue weighted by molar-refractivity contribution is 7.80. The van der Waals surface area contributed by atoms with E-state index in [1.807, 2.05) is 7.05 Å². The summed E-state index contributed by atoms with van der Waals surface area (Å²) >= 11 is 4.18. The summed E-state index contributed by atoms with van der Waals surface area (Å²) in [5.74, 6) is 0.935. The second-order valence-corrected chi connectivity index (χ2v) is 6.08. The molecule has 21 heavy (non-hydrogen) atoms. The average Bonchev–Trinajstić information content (AvgIpc) is 2.39. The molecule has 0 aliphatic rings. The number of likely N-dealkylation sites (N-methyl/N-ethyl adjacent to an activating group) is 1. The van der Waals surface area contributed by atoms with E-state index in [-0.39, 0.29) is 0 Å². The Labute approximate surface area is 131 Å². The Balaban J connectivity index is 0.000000690. The Hall–Kier alpha value is -0.560. The summed E-state index contributed by atoms with van der Waals surface area (Å²) in [5, 5.41) is 6.62. The molecule has 0 bridgehead atoms. The predicted molar refractivity (Wildman–Crippen MR) is 89.9 cm³/mol. The van der Waals surface area contributed by atoms with Crippen LogP contribution in [0.2, 0.25) is 0 Å². The number of hydrogen-bond donors (Lipinski definition) is 6. The number of anilines is 1. The van der Waals surface area contributed by atoms with E-state index >= 15 is 0 Å². The molecule has 1 aromatic rings. The summed E-state index contributed by atoms with van der Waals surface area (Å²) in [5.41, 5.74) is 2.57. The third-order valence-corrected chi connectivity index (χ3v) is 2.97. The van der Waals surface area contributed by atoms with Crippen LogP contribution in [0.25, 0.3) is 0 Å². The first-order valence-electron chi connectivity index (χ1n) is 6.65. The molecular weight excluding hydrogens is 311 g/mol. The summed E-state index contributed by atoms with van der Waals surface area (Å²) in [7, 11) is -2.64. The van der Waals surface area contributed by atoms with Gasteiger partial charge in [-0.3, -0.25) is 0 Å². The molecule has 0 amide bonds. The predicted octanol–water partition coefficient (Wildman–Crippen LogP) is 1.64. The van der Waals surface area contributed by atoms with Crippen molar-refractivity contribution in [3.05, 3.63) is 29.8 Å². The molecule has 1 aromatic carbocycles. The van der Waals surface area contributed by atoms with E-state index in [1.54, 1.807) is 0 Å². The molecule has 0 heterocycles. The summed E-state index contributed by atoms with van der Waals surface area (Å²) < 4.78 is 8.88. The van der Waals surface area contributed by atoms with Gasteiger partial charge in [0, 0.05) is 18.3 Å². The molecule has 0 aromatic heterocycles. The molecule has 0 saturated heterocycles. The first-order chi connectivity index (χ1) is 9.76. The molecule has 0 saturated carbocycles. The van der Waals surface area contributed by atoms with Gasteiger partial charge >= 0.3 is 7.82 Å². The van der Waals surface area contributed by atoms with E-state index in [0.29, 0.717) is 6.04 Å². The molecule has 0 fully saturated rings. The van der Waals surface area contributed by atoms with Crippen LogP contribution in [-0.2, 0) is 11.0 Å². The van der Waals surface area contributed by atoms with Gasteiger partial charge in [0.05, 0.1) is 0 Å². The third-order valence-electron chi connectivity index (χ3n) is 2.65. The quantitative estimate of drug-likeness (QED) is 0.257. The van der Waals surface area contributed by atoms with Crippen LogP contribution in [0.15, 0.2) is 24.3 Å². The van der Waals surface area contributed by atoms with E-state index in [0.717, 1.165) is 25.1 Å². The monoisotopic (exact) mass is 336 g/mol. The lowest BCUT2D eigenvalue weighted by Gasteiger charge is -2.11. The molecule has 122 valence electrons. The van der Waals surface area contributed by atoms with Crippen molar-refractivity contribution in [3.8, 4) is 0 Å². The molecule has 0 aliphatic heterocycles. The van der Waals surface area contributed by atoms with Gasteiger partial charge in [0.15, 0.2) is 0 Å². The normalized spacial score (nSPS) is 12.3. The zero-order valence-corrected chi connectivity index (χ0v) is 14.1. The maximum atomic E-state index is 8.88. The van der Waals surface area contributed by atoms with E-state index in [4.69, 9.17) is 19.2 Å². The molecule has 0 spiro atoms. The minimum atomic E-state index is -4.64. The van der Waals surface area contributed by atoms with Crippen LogP contribution < -0.4 is 10.6 Å². The van der Waals surface area contributed by atoms with Crippen LogP contribution in [0.4, 0.5) is 5.69 Å². The fourth-order valence-electron chi connectivity index (χ4n) is 1.53. The first-order valence-corrected chi connectivity index (χ1v) is 8.85. The van der Waals surface area contributed by atoms with Crippen molar-refractivity contribution < 1.29 is 19.2 Å². The zero-order valence-electron chi connectivity index (χ0n) is 12.4. The second kappa shape index (κ2) is 11.1. The van der Waals surface area contributed by atoms with Crippen LogP contribution in [0.3, 0.4) is 0 Å². The summed E-state index contributed by atoms with van der Waals surface area (Å²) in [6.07, 6.45) is 2.18. The maximum Gasteiger partial charge on any atom is 0.466 e. The highest BCUT2D eigenvalue weighted by Crippen LogP contribution is 2.25. The molecular formula is C13H25N2O4PS. The lowest BCUT2D eigenvalue weighted by molar-refractivity contribution is 0.275. The molecule has 1 unspecified atom stereocenters. The lowest BCUT2D eigenvalue weighted by Crippen LogP contribution is -2.23. The van der Waals surface area contributed by atoms with Gasteiger partial charge in [-0.05, 0) is 50.3 Å². The van der Waals surface area contributed by atoms with Crippen molar-refractivity contribution in [1.29, 1.82) is 0 Å². The van der Waals surface area contributed by atoms with Crippen molar-refractivity contribution in [2.75, 3.05) is 24.7 Å². The molecule has 5 N–H and O–H groups in total. The number of phosphoric acid groups is 1. The van der Waals surface area contributed by atoms with E-state index in [1.165, 1.54) is 11.3 Å². The average molecular weight is 336 g/mol. The largest absolute Gasteiger partial charge is 0.466 e. The Morgan fingerprint density at radius 1 is 1.24 bits per heavy atom. The number of thiol groups is 1. The number of hydrogen-bond acceptors (Lipinski definition) is 4. The van der Waals surface area contributed by atoms with E-state index in [9.17, 15) is 0 Å². The van der Waals surface area contributed by atoms with Crippen molar-refractivity contribution in [2.24, 2.45) is 0 Å². The minimum Gasteiger partial charge on any atom is -0.385 e. The summed E-state index contributed by atoms with van der Waals surface area (Å²) in [6.45, 7) is 3.19. The van der Waals surface area contributed by atoms with Gasteiger partial charge in [-0.25, -0.2) is 4.57 Å². The first kappa shape index (κ1) is 20.4. The van der Waals surface area contributed by atoms with E-state index in [2.05, 4.69) is 54.5 Å². The fourth-order valence-corrected chi connectivity index (χ4v) is 1.68. The van der Waals surface area contributed by atoms with Gasteiger partial charge in [0.2, 0.25) is 0 Å². The Kier molecular flexibility index (Phi) is 10.8. The van der Waals surface area contributed by atoms with Crippen molar-refractivity contribution in [1.82, 2.24) is 5.32 Å². The summed E-state index contributed by atoms with van der Waals surface area (Å²) in [6, 6.07) is 9.21. The van der Waals surface area contributed by atoms with Crippen LogP contribution in [-0.4, -0.2) is 40.1 Å². The number of benzene rings is 1. The lowest BCUT2D eigenvalue weighted by atomic mass is 10.1. The van der Waals surface area contributed by atoms with E-state index < -0.39 is 7.82 Å². The van der Waals surface area contributed by atoms with Gasteiger partial charge in [-0.15, -0.1) is 0 Å². The highest BCUT2D eigenvalue weighted by Gasteiger charge is 2.00. The van der Waals surface area contributed by atoms with Crippen molar-refractivity contribution in [2.45, 2.75) is 25.8 Å². The molecule has 0 radical (unpaired) electrons. The van der Waals surface area contributed by atoms with Gasteiger partial charge in [0.25, 0.3) is 0 Å². The maximum absolute atomic E-state index is 8.88. The van der Waals surface area contributed by atoms with Gasteiger partial charge in [0.1, 0.15) is 0 Å². The van der Waals surface area contributed by atoms with Crippen LogP contribution >= 0.6 is 20.5 Å². The van der Waals surface area contributed by atoms with Crippen molar-refractivity contribution >= 4 is 26.1 Å². The molecule has 1 rings (SSSR count). The smallest absolute Gasteiger partial charge is 0.385 e. The SMILES string of the molecule is CNC(C)Cc1ccc(NCCCS)cc1.O=P(O)(O)O. The van der Waals surface area contributed by atoms with Gasteiger partial charge in [-0.1, -0.05) is 12.1 Å². The van der Waals surface area contributed by atoms with Gasteiger partial charge in [-0.2, -0.15) is 12.6 Å². The molecule has 0 aliphatic carbocycles. The van der Waals surface area contributed by atoms with Gasteiger partial charge < -0.3 is 25.3 Å². The molecule has 1 atom stereocenters. The Morgan fingerprint density at radius 3 is 2.19 bits per heavy atom. The standard InChI is InChI=1S/C13H22N2S.H3O4P/c1-11(14-2)10-12-4-6-13(7-5-12)15-8-3-9-16;1-5(2,3)4/h4-7,11,14-16H,3,8-10H2,1-2H3;(H3,1,2,3,4). The Morgan fingerprint density at radius 2 is 1.76 bits per heavy atom. The van der Waals surface area contributed by atoms with Crippen LogP contribution in [0.1, 0.15) is 18.9 Å².